The lowest BCUT2D eigenvalue weighted by Crippen LogP contribution is -2.30. The van der Waals surface area contributed by atoms with Gasteiger partial charge < -0.3 is 10.1 Å². The Morgan fingerprint density at radius 2 is 2.19 bits per heavy atom. The molecule has 0 spiro atoms. The van der Waals surface area contributed by atoms with Gasteiger partial charge in [-0.05, 0) is 34.8 Å². The van der Waals surface area contributed by atoms with E-state index in [0.717, 1.165) is 16.8 Å². The predicted molar refractivity (Wildman–Crippen MR) is 67.7 cm³/mol. The lowest BCUT2D eigenvalue weighted by molar-refractivity contribution is 0.304. The number of aromatic nitrogens is 1. The molecular formula is C12H17BrN2O. The molecule has 0 radical (unpaired) electrons. The summed E-state index contributed by atoms with van der Waals surface area (Å²) < 4.78 is 6.54. The van der Waals surface area contributed by atoms with E-state index in [1.54, 1.807) is 12.4 Å². The minimum atomic E-state index is 0.703. The van der Waals surface area contributed by atoms with Crippen LogP contribution < -0.4 is 10.1 Å². The van der Waals surface area contributed by atoms with Crippen LogP contribution in [0.2, 0.25) is 0 Å². The molecule has 1 saturated carbocycles. The van der Waals surface area contributed by atoms with E-state index in [4.69, 9.17) is 4.74 Å². The van der Waals surface area contributed by atoms with Crippen LogP contribution >= 0.6 is 15.9 Å². The van der Waals surface area contributed by atoms with Crippen molar-refractivity contribution in [2.75, 3.05) is 13.2 Å². The molecule has 0 aromatic carbocycles. The van der Waals surface area contributed by atoms with Gasteiger partial charge in [0.25, 0.3) is 0 Å². The molecule has 1 heterocycles. The molecule has 88 valence electrons. The predicted octanol–water partition coefficient (Wildman–Crippen LogP) is 2.76. The number of nitrogens with zero attached hydrogens (tertiary/aromatic N) is 1. The molecule has 1 N–H and O–H groups in total. The lowest BCUT2D eigenvalue weighted by Gasteiger charge is -2.12. The molecule has 0 bridgehead atoms. The van der Waals surface area contributed by atoms with E-state index in [1.165, 1.54) is 25.7 Å². The van der Waals surface area contributed by atoms with Gasteiger partial charge in [-0.1, -0.05) is 12.8 Å². The van der Waals surface area contributed by atoms with Crippen LogP contribution in [0, 0.1) is 0 Å². The van der Waals surface area contributed by atoms with Crippen molar-refractivity contribution < 1.29 is 4.74 Å². The normalized spacial score (nSPS) is 16.6. The van der Waals surface area contributed by atoms with Gasteiger partial charge in [-0.3, -0.25) is 4.98 Å². The van der Waals surface area contributed by atoms with E-state index in [9.17, 15) is 0 Å². The lowest BCUT2D eigenvalue weighted by atomic mass is 10.2. The summed E-state index contributed by atoms with van der Waals surface area (Å²) in [6.07, 6.45) is 8.86. The van der Waals surface area contributed by atoms with Gasteiger partial charge in [0.1, 0.15) is 12.4 Å². The third kappa shape index (κ3) is 3.76. The maximum atomic E-state index is 5.59. The zero-order chi connectivity index (χ0) is 11.2. The Bertz CT molecular complexity index is 327. The molecule has 1 aliphatic carbocycles. The molecule has 1 fully saturated rings. The van der Waals surface area contributed by atoms with Gasteiger partial charge in [0.15, 0.2) is 0 Å². The third-order valence-corrected chi connectivity index (χ3v) is 3.27. The molecule has 2 rings (SSSR count). The van der Waals surface area contributed by atoms with E-state index < -0.39 is 0 Å². The Morgan fingerprint density at radius 3 is 2.94 bits per heavy atom. The van der Waals surface area contributed by atoms with Crippen LogP contribution in [0.15, 0.2) is 22.9 Å². The van der Waals surface area contributed by atoms with E-state index in [1.807, 2.05) is 6.07 Å². The number of hydrogen-bond acceptors (Lipinski definition) is 3. The first-order valence-electron chi connectivity index (χ1n) is 5.81. The van der Waals surface area contributed by atoms with Crippen LogP contribution in [-0.4, -0.2) is 24.2 Å². The molecule has 1 aliphatic rings. The topological polar surface area (TPSA) is 34.1 Å². The number of pyridine rings is 1. The quantitative estimate of drug-likeness (QED) is 0.845. The van der Waals surface area contributed by atoms with Crippen LogP contribution in [0.25, 0.3) is 0 Å². The van der Waals surface area contributed by atoms with Crippen LogP contribution in [0.1, 0.15) is 25.7 Å². The highest BCUT2D eigenvalue weighted by atomic mass is 79.9. The average Bonchev–Trinajstić information content (AvgIpc) is 2.77. The standard InChI is InChI=1S/C12H17BrN2O/c13-10-7-12(9-14-8-10)16-6-5-15-11-3-1-2-4-11/h7-9,11,15H,1-6H2. The number of halogens is 1. The number of rotatable bonds is 5. The molecule has 1 aromatic rings. The molecule has 1 aromatic heterocycles. The molecule has 16 heavy (non-hydrogen) atoms. The number of hydrogen-bond donors (Lipinski definition) is 1. The third-order valence-electron chi connectivity index (χ3n) is 2.84. The Hall–Kier alpha value is -0.610. The van der Waals surface area contributed by atoms with Gasteiger partial charge in [-0.2, -0.15) is 0 Å². The minimum absolute atomic E-state index is 0.703. The Kier molecular flexibility index (Phi) is 4.60. The monoisotopic (exact) mass is 284 g/mol. The van der Waals surface area contributed by atoms with Crippen molar-refractivity contribution >= 4 is 15.9 Å². The van der Waals surface area contributed by atoms with Gasteiger partial charge >= 0.3 is 0 Å². The first-order chi connectivity index (χ1) is 7.84. The SMILES string of the molecule is Brc1cncc(OCCNC2CCCC2)c1. The summed E-state index contributed by atoms with van der Waals surface area (Å²) in [7, 11) is 0. The van der Waals surface area contributed by atoms with Crippen molar-refractivity contribution in [1.29, 1.82) is 0 Å². The summed E-state index contributed by atoms with van der Waals surface area (Å²) in [4.78, 5) is 4.05. The molecule has 3 nitrogen and oxygen atoms in total. The zero-order valence-corrected chi connectivity index (χ0v) is 10.9. The Morgan fingerprint density at radius 1 is 1.38 bits per heavy atom. The van der Waals surface area contributed by atoms with Gasteiger partial charge in [0, 0.05) is 23.3 Å². The summed E-state index contributed by atoms with van der Waals surface area (Å²) in [6.45, 7) is 1.62. The summed E-state index contributed by atoms with van der Waals surface area (Å²) in [5.74, 6) is 0.822. The first-order valence-corrected chi connectivity index (χ1v) is 6.60. The largest absolute Gasteiger partial charge is 0.491 e. The second-order valence-corrected chi connectivity index (χ2v) is 5.04. The molecule has 0 unspecified atom stereocenters. The van der Waals surface area contributed by atoms with Gasteiger partial charge in [-0.15, -0.1) is 0 Å². The minimum Gasteiger partial charge on any atom is -0.491 e. The van der Waals surface area contributed by atoms with Crippen molar-refractivity contribution in [2.45, 2.75) is 31.7 Å². The Balaban J connectivity index is 1.64. The summed E-state index contributed by atoms with van der Waals surface area (Å²) in [5, 5.41) is 3.51. The maximum Gasteiger partial charge on any atom is 0.138 e. The second-order valence-electron chi connectivity index (χ2n) is 4.12. The summed E-state index contributed by atoms with van der Waals surface area (Å²) in [6, 6.07) is 2.65. The van der Waals surface area contributed by atoms with Crippen LogP contribution in [0.4, 0.5) is 0 Å². The summed E-state index contributed by atoms with van der Waals surface area (Å²) in [5.41, 5.74) is 0. The highest BCUT2D eigenvalue weighted by molar-refractivity contribution is 9.10. The van der Waals surface area contributed by atoms with E-state index in [0.29, 0.717) is 12.6 Å². The fourth-order valence-corrected chi connectivity index (χ4v) is 2.38. The van der Waals surface area contributed by atoms with Crippen LogP contribution in [0.3, 0.4) is 0 Å². The van der Waals surface area contributed by atoms with Crippen LogP contribution in [0.5, 0.6) is 5.75 Å². The van der Waals surface area contributed by atoms with E-state index in [-0.39, 0.29) is 0 Å². The van der Waals surface area contributed by atoms with Gasteiger partial charge in [0.05, 0.1) is 6.20 Å². The molecule has 0 atom stereocenters. The zero-order valence-electron chi connectivity index (χ0n) is 9.29. The van der Waals surface area contributed by atoms with E-state index in [2.05, 4.69) is 26.2 Å². The van der Waals surface area contributed by atoms with Gasteiger partial charge in [-0.25, -0.2) is 0 Å². The summed E-state index contributed by atoms with van der Waals surface area (Å²) >= 11 is 3.37. The molecule has 0 saturated heterocycles. The van der Waals surface area contributed by atoms with Crippen molar-refractivity contribution in [3.05, 3.63) is 22.9 Å². The van der Waals surface area contributed by atoms with Crippen molar-refractivity contribution in [3.8, 4) is 5.75 Å². The molecule has 4 heteroatoms. The highest BCUT2D eigenvalue weighted by Gasteiger charge is 2.13. The number of ether oxygens (including phenoxy) is 1. The van der Waals surface area contributed by atoms with E-state index >= 15 is 0 Å². The highest BCUT2D eigenvalue weighted by Crippen LogP contribution is 2.17. The fourth-order valence-electron chi connectivity index (χ4n) is 2.03. The van der Waals surface area contributed by atoms with Crippen molar-refractivity contribution in [3.63, 3.8) is 0 Å². The molecule has 0 amide bonds. The fraction of sp³-hybridized carbons (Fsp3) is 0.583. The van der Waals surface area contributed by atoms with Gasteiger partial charge in [0.2, 0.25) is 0 Å². The Labute approximate surface area is 105 Å². The van der Waals surface area contributed by atoms with Crippen LogP contribution in [-0.2, 0) is 0 Å². The maximum absolute atomic E-state index is 5.59. The van der Waals surface area contributed by atoms with Crippen molar-refractivity contribution in [1.82, 2.24) is 10.3 Å². The number of nitrogens with one attached hydrogen (secondary N) is 1. The smallest absolute Gasteiger partial charge is 0.138 e. The second kappa shape index (κ2) is 6.21. The molecular weight excluding hydrogens is 268 g/mol. The molecule has 0 aliphatic heterocycles. The first kappa shape index (κ1) is 11.9. The van der Waals surface area contributed by atoms with Crippen molar-refractivity contribution in [2.24, 2.45) is 0 Å². The average molecular weight is 285 g/mol.